The van der Waals surface area contributed by atoms with Gasteiger partial charge >= 0.3 is 55.7 Å². The molecule has 536 valence electrons. The summed E-state index contributed by atoms with van der Waals surface area (Å²) in [7, 11) is 6.09. The van der Waals surface area contributed by atoms with Crippen LogP contribution in [0, 0.1) is 0 Å². The first-order valence-corrected chi connectivity index (χ1v) is 53.1. The predicted octanol–water partition coefficient (Wildman–Crippen LogP) is 13.8. The molecule has 1 N–H and O–H groups in total. The smallest absolute Gasteiger partial charge is 0.271 e. The van der Waals surface area contributed by atoms with Crippen LogP contribution in [0.3, 0.4) is 0 Å². The number of ether oxygens (including phenoxy) is 4. The van der Waals surface area contributed by atoms with Gasteiger partial charge < -0.3 is 24.3 Å². The molecule has 15 rings (SSSR count). The van der Waals surface area contributed by atoms with E-state index in [4.69, 9.17) is 30.5 Å². The third-order valence-corrected chi connectivity index (χ3v) is 14.8. The number of anilines is 4. The van der Waals surface area contributed by atoms with Gasteiger partial charge in [0.2, 0.25) is 5.91 Å². The van der Waals surface area contributed by atoms with Crippen LogP contribution in [0.25, 0.3) is 72.0 Å². The van der Waals surface area contributed by atoms with E-state index in [2.05, 4.69) is 148 Å². The Hall–Kier alpha value is -7.22. The maximum Gasteiger partial charge on any atom is 0.339 e. The number of hydrogen-bond donors (Lipinski definition) is 1. The van der Waals surface area contributed by atoms with Crippen LogP contribution in [-0.2, 0) is 9.36 Å². The minimum absolute atomic E-state index is 0. The summed E-state index contributed by atoms with van der Waals surface area (Å²) in [5.74, 6) is 2.40. The van der Waals surface area contributed by atoms with E-state index in [1.165, 1.54) is 85.7 Å². The summed E-state index contributed by atoms with van der Waals surface area (Å²) in [4.78, 5) is 106. The average Bonchev–Trinajstić information content (AvgIpc) is 0.738. The minimum Gasteiger partial charge on any atom is -0.271 e. The molecule has 0 radical (unpaired) electrons. The van der Waals surface area contributed by atoms with Crippen LogP contribution in [-0.4, -0.2) is 91.4 Å². The summed E-state index contributed by atoms with van der Waals surface area (Å²) in [6.07, 6.45) is 11.7. The van der Waals surface area contributed by atoms with Gasteiger partial charge in [-0.05, 0) is 161 Å². The van der Waals surface area contributed by atoms with E-state index in [1.807, 2.05) is 78.9 Å². The summed E-state index contributed by atoms with van der Waals surface area (Å²) in [6, 6.07) is 48.8. The maximum absolute atomic E-state index is 13.0. The molecule has 12 heterocycles. The van der Waals surface area contributed by atoms with Crippen LogP contribution in [0.1, 0.15) is 6.92 Å². The molecule has 3 aromatic carbocycles. The molecule has 0 aliphatic rings. The topological polar surface area (TPSA) is 284 Å². The van der Waals surface area contributed by atoms with Crippen molar-refractivity contribution in [1.29, 1.82) is 0 Å². The summed E-state index contributed by atoms with van der Waals surface area (Å²) < 4.78 is 37.6. The molecule has 0 aliphatic carbocycles. The van der Waals surface area contributed by atoms with Crippen LogP contribution in [0.4, 0.5) is 23.0 Å². The van der Waals surface area contributed by atoms with Gasteiger partial charge in [-0.1, -0.05) is 29.8 Å². The fraction of sp³-hybridized carbons (Fsp3) is 0.0735. The summed E-state index contributed by atoms with van der Waals surface area (Å²) in [5.41, 5.74) is 5.23. The van der Waals surface area contributed by atoms with E-state index in [0.29, 0.717) is 81.4 Å². The van der Waals surface area contributed by atoms with Crippen molar-refractivity contribution in [2.75, 3.05) is 38.7 Å². The number of nitrogens with one attached hydrogen (secondary N) is 1. The van der Waals surface area contributed by atoms with Crippen molar-refractivity contribution >= 4 is 244 Å². The van der Waals surface area contributed by atoms with Crippen molar-refractivity contribution in [2.45, 2.75) is 6.92 Å². The first kappa shape index (κ1) is 82.4. The quantitative estimate of drug-likeness (QED) is 0.0608. The van der Waals surface area contributed by atoms with E-state index in [1.54, 1.807) is 111 Å². The molecule has 12 aromatic heterocycles. The van der Waals surface area contributed by atoms with E-state index in [9.17, 15) is 33.3 Å². The van der Waals surface area contributed by atoms with Gasteiger partial charge in [-0.3, -0.25) is 75.4 Å². The molecular formula is C68H52Cl4I6N14O11P-. The van der Waals surface area contributed by atoms with E-state index in [0.717, 1.165) is 38.4 Å². The first-order valence-electron chi connectivity index (χ1n) is 29.4. The third kappa shape index (κ3) is 20.5. The SMILES string of the molecule is COc1cccn2c(=O)c3ccc(=O)n(-c4ccc5ncccc5c4)c3nc12.COc1cccn2c(=O)cc(Cl)nc12.COc1cccn2c(=O)cc(N(C(C)=O)c3ccc4ncccc4c3)nc12.COc1cccn2c(=O)cc(Nc3ccc4ncccc4c3)nc12.I.II.I[I-]I.O=P(Cl)(Cl)Cl. The Morgan fingerprint density at radius 2 is 0.933 bits per heavy atom. The number of methoxy groups -OCH3 is 4. The number of benzene rings is 3. The van der Waals surface area contributed by atoms with Crippen LogP contribution in [0.2, 0.25) is 5.15 Å². The number of rotatable bonds is 9. The largest absolute Gasteiger partial charge is 0.339 e. The molecule has 0 saturated carbocycles. The van der Waals surface area contributed by atoms with E-state index >= 15 is 0 Å². The number of amides is 1. The molecule has 25 nitrogen and oxygen atoms in total. The Labute approximate surface area is 679 Å². The van der Waals surface area contributed by atoms with Gasteiger partial charge in [-0.2, -0.15) is 0 Å². The molecule has 36 heteroatoms. The number of nitrogens with zero attached hydrogens (tertiary/aromatic N) is 13. The van der Waals surface area contributed by atoms with Gasteiger partial charge in [0.1, 0.15) is 16.8 Å². The number of fused-ring (bicyclic) bond motifs is 8. The number of hydrogen-bond acceptors (Lipinski definition) is 19. The maximum atomic E-state index is 13.0. The number of pyridine rings is 8. The van der Waals surface area contributed by atoms with Gasteiger partial charge in [0, 0.05) is 134 Å². The van der Waals surface area contributed by atoms with Crippen molar-refractivity contribution < 1.29 is 41.6 Å². The van der Waals surface area contributed by atoms with Crippen molar-refractivity contribution in [2.24, 2.45) is 0 Å². The summed E-state index contributed by atoms with van der Waals surface area (Å²) in [6.45, 7) is 1.43. The molecule has 0 bridgehead atoms. The zero-order valence-corrected chi connectivity index (χ0v) is 71.3. The number of carbonyl (C=O) groups is 1. The first-order chi connectivity index (χ1) is 49.6. The van der Waals surface area contributed by atoms with Crippen LogP contribution in [0.5, 0.6) is 23.0 Å². The second-order valence-electron chi connectivity index (χ2n) is 20.7. The molecule has 0 unspecified atom stereocenters. The monoisotopic (exact) mass is 2170 g/mol. The van der Waals surface area contributed by atoms with Gasteiger partial charge in [0.15, 0.2) is 51.2 Å². The van der Waals surface area contributed by atoms with Crippen molar-refractivity contribution in [3.05, 3.63) is 270 Å². The van der Waals surface area contributed by atoms with Gasteiger partial charge in [0.25, 0.3) is 27.8 Å². The fourth-order valence-electron chi connectivity index (χ4n) is 10.3. The minimum atomic E-state index is -3.22. The molecular weight excluding hydrogens is 2120 g/mol. The summed E-state index contributed by atoms with van der Waals surface area (Å²) >= 11 is 29.1. The number of carbonyl (C=O) groups excluding carboxylic acids is 1. The normalized spacial score (nSPS) is 10.6. The molecule has 0 fully saturated rings. The number of aromatic nitrogens is 12. The zero-order valence-electron chi connectivity index (χ0n) is 54.3. The van der Waals surface area contributed by atoms with Crippen LogP contribution >= 0.6 is 149 Å². The zero-order chi connectivity index (χ0) is 74.1. The van der Waals surface area contributed by atoms with Gasteiger partial charge in [-0.15, -0.1) is 24.0 Å². The standard InChI is InChI=1S/C21H14N4O3.C20H16N4O3.C18H14N4O2.C9H7ClN2O2.Cl3OP.I3.I2.HI/c1-28-17-5-3-11-24-20(17)23-19-15(21(24)27)7-9-18(26)25(19)14-6-8-16-13(12-14)4-2-10-22-16;1-13(25)24(15-7-8-16-14(11-15)5-3-9-21-16)18-12-19(26)23-10-4-6-17(27-2)20(23)22-18;1-24-15-5-3-9-22-17(23)11-16(21-18(15)22)20-13-6-7-14-12(10-13)4-2-8-19-14;1-14-6-3-2-4-12-8(13)5-7(10)11-9(6)12;1-5(2,3)4;1-3-2;1-2;/h2-12H,1H3;3-12H,1-2H3;2-11,20H,1H3;2-5H,1H3;;;;1H/q;;;;;-1;;. The average molecular weight is 2180 g/mol. The van der Waals surface area contributed by atoms with Crippen LogP contribution in [0.15, 0.2) is 237 Å². The second-order valence-corrected chi connectivity index (χ2v) is 44.0. The third-order valence-electron chi connectivity index (χ3n) is 14.6. The Morgan fingerprint density at radius 1 is 0.500 bits per heavy atom. The summed E-state index contributed by atoms with van der Waals surface area (Å²) in [5, 5.41) is 3.25. The number of halogens is 10. The Kier molecular flexibility index (Phi) is 30.8. The second kappa shape index (κ2) is 38.9. The van der Waals surface area contributed by atoms with E-state index in [-0.39, 0.29) is 74.3 Å². The molecule has 1 amide bonds. The molecule has 0 aliphatic heterocycles. The molecule has 0 saturated heterocycles. The van der Waals surface area contributed by atoms with Gasteiger partial charge in [-0.25, -0.2) is 19.9 Å². The Balaban J connectivity index is 0.000000171. The molecule has 0 atom stereocenters. The molecule has 15 aromatic rings. The van der Waals surface area contributed by atoms with Crippen molar-refractivity contribution in [3.8, 4) is 28.7 Å². The predicted molar refractivity (Wildman–Crippen MR) is 452 cm³/mol. The molecule has 104 heavy (non-hydrogen) atoms. The van der Waals surface area contributed by atoms with Crippen LogP contribution < -0.4 is 70.2 Å². The molecule has 0 spiro atoms. The Bertz CT molecular complexity index is 6000. The Morgan fingerprint density at radius 3 is 1.44 bits per heavy atom. The van der Waals surface area contributed by atoms with Gasteiger partial charge in [0.05, 0.1) is 61.8 Å². The fourth-order valence-corrected chi connectivity index (χ4v) is 10.5. The van der Waals surface area contributed by atoms with E-state index < -0.39 is 5.20 Å². The van der Waals surface area contributed by atoms with Crippen molar-refractivity contribution in [3.63, 3.8) is 0 Å². The van der Waals surface area contributed by atoms with Crippen molar-refractivity contribution in [1.82, 2.24) is 57.1 Å².